The Morgan fingerprint density at radius 1 is 1.00 bits per heavy atom. The standard InChI is InChI=1S/C16H23N5O2.2C5H11NO2/c1-9(2)5-13(22)23-7-10-3-4-12(21-10)11-6-18-15-14(11)19-8-20-16(15)17;2*1-3(2)4(6)5(7)8/h6,8-10,12,18,21H,3-5,7H2,1-2H3,(H2,17,19,20);2*3-4H,6H2,1-2H3,(H,7,8). The first kappa shape index (κ1) is 33.7. The van der Waals surface area contributed by atoms with Crippen LogP contribution in [0.15, 0.2) is 12.5 Å². The number of nitrogens with one attached hydrogen (secondary N) is 2. The van der Waals surface area contributed by atoms with Crippen molar-refractivity contribution >= 4 is 34.8 Å². The number of esters is 1. The highest BCUT2D eigenvalue weighted by atomic mass is 16.5. The Hall–Kier alpha value is -3.29. The molecule has 39 heavy (non-hydrogen) atoms. The van der Waals surface area contributed by atoms with E-state index in [1.54, 1.807) is 27.7 Å². The van der Waals surface area contributed by atoms with E-state index in [4.69, 9.17) is 32.2 Å². The van der Waals surface area contributed by atoms with Crippen LogP contribution in [0, 0.1) is 17.8 Å². The lowest BCUT2D eigenvalue weighted by atomic mass is 10.1. The third-order valence-electron chi connectivity index (χ3n) is 6.17. The summed E-state index contributed by atoms with van der Waals surface area (Å²) in [4.78, 5) is 43.1. The molecule has 4 unspecified atom stereocenters. The number of H-pyrrole nitrogens is 1. The summed E-state index contributed by atoms with van der Waals surface area (Å²) in [6, 6.07) is -1.06. The van der Waals surface area contributed by atoms with Crippen LogP contribution in [-0.2, 0) is 19.1 Å². The van der Waals surface area contributed by atoms with Crippen LogP contribution in [0.25, 0.3) is 11.0 Å². The second-order valence-corrected chi connectivity index (χ2v) is 10.7. The van der Waals surface area contributed by atoms with Gasteiger partial charge in [0.05, 0.1) is 5.52 Å². The number of aliphatic carboxylic acids is 2. The number of ether oxygens (including phenoxy) is 1. The quantitative estimate of drug-likeness (QED) is 0.222. The molecule has 1 fully saturated rings. The van der Waals surface area contributed by atoms with Gasteiger partial charge in [0.25, 0.3) is 0 Å². The first-order valence-corrected chi connectivity index (χ1v) is 13.1. The molecule has 1 saturated heterocycles. The smallest absolute Gasteiger partial charge is 0.320 e. The van der Waals surface area contributed by atoms with Crippen LogP contribution in [0.1, 0.15) is 72.4 Å². The topological polar surface area (TPSA) is 233 Å². The molecule has 0 bridgehead atoms. The molecular weight excluding hydrogens is 506 g/mol. The van der Waals surface area contributed by atoms with Crippen LogP contribution in [0.5, 0.6) is 0 Å². The first-order chi connectivity index (χ1) is 18.1. The number of carboxylic acids is 2. The molecule has 0 aliphatic carbocycles. The van der Waals surface area contributed by atoms with E-state index in [0.29, 0.717) is 24.8 Å². The second kappa shape index (κ2) is 16.0. The number of nitrogen functional groups attached to an aromatic ring is 1. The van der Waals surface area contributed by atoms with Crippen molar-refractivity contribution in [2.45, 2.75) is 85.0 Å². The molecule has 0 aromatic carbocycles. The Balaban J connectivity index is 0.000000393. The number of carbonyl (C=O) groups is 3. The van der Waals surface area contributed by atoms with Gasteiger partial charge in [-0.3, -0.25) is 14.4 Å². The minimum absolute atomic E-state index is 0.0208. The number of nitrogens with zero attached hydrogens (tertiary/aromatic N) is 2. The van der Waals surface area contributed by atoms with Gasteiger partial charge < -0.3 is 42.5 Å². The molecule has 1 aliphatic rings. The average Bonchev–Trinajstić information content (AvgIpc) is 3.49. The van der Waals surface area contributed by atoms with Gasteiger partial charge in [-0.25, -0.2) is 9.97 Å². The van der Waals surface area contributed by atoms with Gasteiger partial charge in [-0.2, -0.15) is 0 Å². The maximum Gasteiger partial charge on any atom is 0.320 e. The van der Waals surface area contributed by atoms with E-state index in [1.807, 2.05) is 20.0 Å². The molecule has 13 nitrogen and oxygen atoms in total. The molecule has 220 valence electrons. The van der Waals surface area contributed by atoms with E-state index in [9.17, 15) is 14.4 Å². The predicted octanol–water partition coefficient (Wildman–Crippen LogP) is 2.03. The van der Waals surface area contributed by atoms with Crippen molar-refractivity contribution in [3.63, 3.8) is 0 Å². The number of anilines is 1. The van der Waals surface area contributed by atoms with Crippen molar-refractivity contribution in [1.29, 1.82) is 0 Å². The third-order valence-corrected chi connectivity index (χ3v) is 6.17. The normalized spacial score (nSPS) is 18.2. The summed E-state index contributed by atoms with van der Waals surface area (Å²) in [6.07, 6.45) is 5.82. The Morgan fingerprint density at radius 2 is 1.56 bits per heavy atom. The molecule has 4 atom stereocenters. The lowest BCUT2D eigenvalue weighted by molar-refractivity contribution is -0.145. The molecule has 3 heterocycles. The maximum absolute atomic E-state index is 11.6. The van der Waals surface area contributed by atoms with Crippen molar-refractivity contribution in [1.82, 2.24) is 20.3 Å². The van der Waals surface area contributed by atoms with E-state index in [2.05, 4.69) is 20.3 Å². The van der Waals surface area contributed by atoms with Gasteiger partial charge in [-0.05, 0) is 30.6 Å². The molecule has 0 radical (unpaired) electrons. The van der Waals surface area contributed by atoms with Gasteiger partial charge in [-0.1, -0.05) is 41.5 Å². The van der Waals surface area contributed by atoms with Gasteiger partial charge in [0, 0.05) is 30.3 Å². The van der Waals surface area contributed by atoms with Crippen LogP contribution in [0.3, 0.4) is 0 Å². The Labute approximate surface area is 229 Å². The van der Waals surface area contributed by atoms with Crippen LogP contribution >= 0.6 is 0 Å². The number of fused-ring (bicyclic) bond motifs is 1. The number of carbonyl (C=O) groups excluding carboxylic acids is 1. The summed E-state index contributed by atoms with van der Waals surface area (Å²) in [7, 11) is 0. The highest BCUT2D eigenvalue weighted by Gasteiger charge is 2.28. The molecule has 0 spiro atoms. The van der Waals surface area contributed by atoms with Gasteiger partial charge in [-0.15, -0.1) is 0 Å². The predicted molar refractivity (Wildman–Crippen MR) is 149 cm³/mol. The maximum atomic E-state index is 11.6. The summed E-state index contributed by atoms with van der Waals surface area (Å²) >= 11 is 0. The van der Waals surface area contributed by atoms with E-state index < -0.39 is 24.0 Å². The summed E-state index contributed by atoms with van der Waals surface area (Å²) in [5.41, 5.74) is 18.9. The second-order valence-electron chi connectivity index (χ2n) is 10.7. The number of rotatable bonds is 9. The van der Waals surface area contributed by atoms with Crippen molar-refractivity contribution in [3.8, 4) is 0 Å². The first-order valence-electron chi connectivity index (χ1n) is 13.1. The number of carboxylic acid groups (broad SMARTS) is 2. The van der Waals surface area contributed by atoms with Gasteiger partial charge in [0.1, 0.15) is 30.5 Å². The summed E-state index contributed by atoms with van der Waals surface area (Å²) < 4.78 is 5.35. The molecule has 1 aliphatic heterocycles. The van der Waals surface area contributed by atoms with Gasteiger partial charge in [0.15, 0.2) is 5.82 Å². The summed E-state index contributed by atoms with van der Waals surface area (Å²) in [5, 5.41) is 20.0. The zero-order chi connectivity index (χ0) is 29.9. The highest BCUT2D eigenvalue weighted by molar-refractivity contribution is 5.87. The number of aromatic nitrogens is 3. The lowest BCUT2D eigenvalue weighted by Crippen LogP contribution is -2.34. The Morgan fingerprint density at radius 3 is 2.03 bits per heavy atom. The molecule has 2 aromatic rings. The zero-order valence-electron chi connectivity index (χ0n) is 23.7. The molecule has 0 saturated carbocycles. The summed E-state index contributed by atoms with van der Waals surface area (Å²) in [6.45, 7) is 11.5. The zero-order valence-corrected chi connectivity index (χ0v) is 23.7. The van der Waals surface area contributed by atoms with Gasteiger partial charge in [0.2, 0.25) is 0 Å². The molecule has 0 amide bonds. The van der Waals surface area contributed by atoms with Crippen LogP contribution in [-0.4, -0.2) is 67.8 Å². The largest absolute Gasteiger partial charge is 0.480 e. The Bertz CT molecular complexity index is 1050. The number of hydrogen-bond acceptors (Lipinski definition) is 10. The number of aromatic amines is 1. The van der Waals surface area contributed by atoms with Crippen molar-refractivity contribution < 1.29 is 29.3 Å². The molecule has 13 heteroatoms. The fraction of sp³-hybridized carbons (Fsp3) is 0.654. The minimum Gasteiger partial charge on any atom is -0.480 e. The fourth-order valence-electron chi connectivity index (χ4n) is 3.60. The average molecular weight is 552 g/mol. The van der Waals surface area contributed by atoms with Crippen molar-refractivity contribution in [3.05, 3.63) is 18.1 Å². The minimum atomic E-state index is -0.931. The monoisotopic (exact) mass is 551 g/mol. The SMILES string of the molecule is CC(C)C(N)C(=O)O.CC(C)C(N)C(=O)O.CC(C)CC(=O)OCC1CCC(c2c[nH]c3c(N)ncnc23)N1. The van der Waals surface area contributed by atoms with Crippen molar-refractivity contribution in [2.24, 2.45) is 29.2 Å². The van der Waals surface area contributed by atoms with E-state index in [-0.39, 0.29) is 29.9 Å². The van der Waals surface area contributed by atoms with Crippen molar-refractivity contribution in [2.75, 3.05) is 12.3 Å². The summed E-state index contributed by atoms with van der Waals surface area (Å²) in [5.74, 6) is -1.17. The highest BCUT2D eigenvalue weighted by Crippen LogP contribution is 2.31. The Kier molecular flexibility index (Phi) is 13.8. The lowest BCUT2D eigenvalue weighted by Gasteiger charge is -2.14. The van der Waals surface area contributed by atoms with E-state index in [1.165, 1.54) is 6.33 Å². The third kappa shape index (κ3) is 11.2. The van der Waals surface area contributed by atoms with Crippen LogP contribution in [0.4, 0.5) is 5.82 Å². The van der Waals surface area contributed by atoms with Crippen LogP contribution in [0.2, 0.25) is 0 Å². The van der Waals surface area contributed by atoms with Crippen LogP contribution < -0.4 is 22.5 Å². The molecule has 2 aromatic heterocycles. The number of nitrogens with two attached hydrogens (primary N) is 3. The molecule has 10 N–H and O–H groups in total. The van der Waals surface area contributed by atoms with Gasteiger partial charge >= 0.3 is 17.9 Å². The van der Waals surface area contributed by atoms with E-state index >= 15 is 0 Å². The number of hydrogen-bond donors (Lipinski definition) is 7. The fourth-order valence-corrected chi connectivity index (χ4v) is 3.60. The molecule has 3 rings (SSSR count). The van der Waals surface area contributed by atoms with E-state index in [0.717, 1.165) is 29.4 Å². The molecular formula is C26H45N7O6.